The molecule has 0 radical (unpaired) electrons. The van der Waals surface area contributed by atoms with Crippen LogP contribution in [-0.2, 0) is 11.3 Å². The van der Waals surface area contributed by atoms with Crippen molar-refractivity contribution in [3.05, 3.63) is 101 Å². The van der Waals surface area contributed by atoms with E-state index in [9.17, 15) is 9.59 Å². The van der Waals surface area contributed by atoms with E-state index < -0.39 is 11.9 Å². The van der Waals surface area contributed by atoms with Gasteiger partial charge in [-0.15, -0.1) is 0 Å². The fourth-order valence-electron chi connectivity index (χ4n) is 4.10. The van der Waals surface area contributed by atoms with Crippen LogP contribution in [-0.4, -0.2) is 35.6 Å². The number of nitrogens with zero attached hydrogens (tertiary/aromatic N) is 1. The summed E-state index contributed by atoms with van der Waals surface area (Å²) in [6.45, 7) is 2.64. The van der Waals surface area contributed by atoms with Crippen LogP contribution in [0.1, 0.15) is 28.0 Å². The van der Waals surface area contributed by atoms with Crippen LogP contribution >= 0.6 is 11.6 Å². The van der Waals surface area contributed by atoms with Crippen LogP contribution in [0.25, 0.3) is 22.3 Å². The highest BCUT2D eigenvalue weighted by atomic mass is 35.5. The number of hydrogen-bond donors (Lipinski definition) is 3. The van der Waals surface area contributed by atoms with Crippen molar-refractivity contribution in [1.82, 2.24) is 10.3 Å². The Morgan fingerprint density at radius 1 is 0.947 bits per heavy atom. The fourth-order valence-corrected chi connectivity index (χ4v) is 4.33. The number of pyridine rings is 1. The van der Waals surface area contributed by atoms with Gasteiger partial charge in [0, 0.05) is 35.6 Å². The first-order valence-corrected chi connectivity index (χ1v) is 12.5. The molecule has 8 heteroatoms. The second-order valence-corrected chi connectivity index (χ2v) is 9.18. The standard InChI is InChI=1S/C30H28ClN3O4/c1-19-15-23(31)6-10-26(19)20-3-7-24(8-4-20)33-18-22-16-25(38-2)9-11-27(22)21-5-12-28(34-17-21)30(37)32-14-13-29(35)36/h3-12,15-17,33H,13-14,18H2,1-2H3,(H,32,37)(H,35,36). The number of amides is 1. The van der Waals surface area contributed by atoms with Gasteiger partial charge in [-0.1, -0.05) is 41.9 Å². The smallest absolute Gasteiger partial charge is 0.305 e. The molecular formula is C30H28ClN3O4. The minimum absolute atomic E-state index is 0.0478. The average molecular weight is 530 g/mol. The first-order chi connectivity index (χ1) is 18.3. The summed E-state index contributed by atoms with van der Waals surface area (Å²) in [6.07, 6.45) is 1.50. The molecule has 0 fully saturated rings. The third-order valence-electron chi connectivity index (χ3n) is 6.11. The van der Waals surface area contributed by atoms with Crippen LogP contribution in [0.15, 0.2) is 79.0 Å². The molecule has 38 heavy (non-hydrogen) atoms. The Morgan fingerprint density at radius 2 is 1.68 bits per heavy atom. The number of carboxylic acid groups (broad SMARTS) is 1. The van der Waals surface area contributed by atoms with Gasteiger partial charge in [-0.3, -0.25) is 14.6 Å². The summed E-state index contributed by atoms with van der Waals surface area (Å²) in [7, 11) is 1.63. The van der Waals surface area contributed by atoms with Crippen LogP contribution in [0.4, 0.5) is 5.69 Å². The number of methoxy groups -OCH3 is 1. The van der Waals surface area contributed by atoms with Crippen LogP contribution < -0.4 is 15.4 Å². The summed E-state index contributed by atoms with van der Waals surface area (Å²) in [4.78, 5) is 27.2. The SMILES string of the molecule is COc1ccc(-c2ccc(C(=O)NCCC(=O)O)nc2)c(CNc2ccc(-c3ccc(Cl)cc3C)cc2)c1. The van der Waals surface area contributed by atoms with Crippen molar-refractivity contribution in [2.24, 2.45) is 0 Å². The van der Waals surface area contributed by atoms with E-state index in [0.29, 0.717) is 6.54 Å². The Balaban J connectivity index is 1.49. The Bertz CT molecular complexity index is 1440. The van der Waals surface area contributed by atoms with Gasteiger partial charge in [-0.05, 0) is 77.2 Å². The lowest BCUT2D eigenvalue weighted by atomic mass is 9.99. The van der Waals surface area contributed by atoms with E-state index in [-0.39, 0.29) is 18.7 Å². The van der Waals surface area contributed by atoms with Gasteiger partial charge in [0.25, 0.3) is 5.91 Å². The third kappa shape index (κ3) is 6.69. The monoisotopic (exact) mass is 529 g/mol. The number of carboxylic acids is 1. The van der Waals surface area contributed by atoms with Crippen molar-refractivity contribution >= 4 is 29.2 Å². The van der Waals surface area contributed by atoms with Crippen LogP contribution in [0, 0.1) is 6.92 Å². The molecule has 0 unspecified atom stereocenters. The lowest BCUT2D eigenvalue weighted by Crippen LogP contribution is -2.26. The first kappa shape index (κ1) is 26.7. The zero-order valence-corrected chi connectivity index (χ0v) is 21.9. The topological polar surface area (TPSA) is 101 Å². The maximum Gasteiger partial charge on any atom is 0.305 e. The van der Waals surface area contributed by atoms with Crippen LogP contribution in [0.5, 0.6) is 5.75 Å². The van der Waals surface area contributed by atoms with E-state index in [1.807, 2.05) is 61.5 Å². The Labute approximate surface area is 226 Å². The molecule has 4 rings (SSSR count). The lowest BCUT2D eigenvalue weighted by Gasteiger charge is -2.14. The predicted octanol–water partition coefficient (Wildman–Crippen LogP) is 6.20. The number of carbonyl (C=O) groups excluding carboxylic acids is 1. The molecule has 0 aliphatic rings. The summed E-state index contributed by atoms with van der Waals surface area (Å²) in [6, 6.07) is 23.4. The van der Waals surface area contributed by atoms with Crippen LogP contribution in [0.3, 0.4) is 0 Å². The number of nitrogens with one attached hydrogen (secondary N) is 2. The maximum absolute atomic E-state index is 12.2. The van der Waals surface area contributed by atoms with Crippen molar-refractivity contribution in [2.75, 3.05) is 19.0 Å². The number of aryl methyl sites for hydroxylation is 1. The van der Waals surface area contributed by atoms with Crippen molar-refractivity contribution < 1.29 is 19.4 Å². The fraction of sp³-hybridized carbons (Fsp3) is 0.167. The first-order valence-electron chi connectivity index (χ1n) is 12.1. The number of rotatable bonds is 10. The van der Waals surface area contributed by atoms with Gasteiger partial charge in [0.15, 0.2) is 0 Å². The molecule has 0 aliphatic carbocycles. The van der Waals surface area contributed by atoms with Gasteiger partial charge in [0.2, 0.25) is 0 Å². The number of hydrogen-bond acceptors (Lipinski definition) is 5. The summed E-state index contributed by atoms with van der Waals surface area (Å²) >= 11 is 6.10. The zero-order chi connectivity index (χ0) is 27.1. The molecule has 0 aliphatic heterocycles. The molecule has 0 spiro atoms. The minimum Gasteiger partial charge on any atom is -0.497 e. The minimum atomic E-state index is -0.971. The summed E-state index contributed by atoms with van der Waals surface area (Å²) in [5.74, 6) is -0.644. The summed E-state index contributed by atoms with van der Waals surface area (Å²) in [5, 5.41) is 15.5. The van der Waals surface area contributed by atoms with Crippen molar-refractivity contribution in [2.45, 2.75) is 19.9 Å². The molecule has 4 aromatic rings. The van der Waals surface area contributed by atoms with Gasteiger partial charge in [-0.2, -0.15) is 0 Å². The molecule has 1 aromatic heterocycles. The van der Waals surface area contributed by atoms with Gasteiger partial charge < -0.3 is 20.5 Å². The highest BCUT2D eigenvalue weighted by Crippen LogP contribution is 2.30. The molecule has 0 saturated heterocycles. The second-order valence-electron chi connectivity index (χ2n) is 8.74. The number of carbonyl (C=O) groups is 2. The molecule has 7 nitrogen and oxygen atoms in total. The number of anilines is 1. The molecule has 3 aromatic carbocycles. The Hall–Kier alpha value is -4.36. The number of aromatic nitrogens is 1. The van der Waals surface area contributed by atoms with Crippen molar-refractivity contribution in [1.29, 1.82) is 0 Å². The Kier molecular flexibility index (Phi) is 8.61. The van der Waals surface area contributed by atoms with E-state index in [4.69, 9.17) is 21.4 Å². The van der Waals surface area contributed by atoms with E-state index >= 15 is 0 Å². The quantitative estimate of drug-likeness (QED) is 0.226. The van der Waals surface area contributed by atoms with E-state index in [0.717, 1.165) is 49.8 Å². The van der Waals surface area contributed by atoms with Crippen molar-refractivity contribution in [3.8, 4) is 28.0 Å². The summed E-state index contributed by atoms with van der Waals surface area (Å²) in [5.41, 5.74) is 7.38. The predicted molar refractivity (Wildman–Crippen MR) is 150 cm³/mol. The molecule has 3 N–H and O–H groups in total. The lowest BCUT2D eigenvalue weighted by molar-refractivity contribution is -0.136. The molecule has 1 heterocycles. The van der Waals surface area contributed by atoms with E-state index in [2.05, 4.69) is 27.8 Å². The van der Waals surface area contributed by atoms with E-state index in [1.165, 1.54) is 0 Å². The van der Waals surface area contributed by atoms with E-state index in [1.54, 1.807) is 19.4 Å². The largest absolute Gasteiger partial charge is 0.497 e. The average Bonchev–Trinajstić information content (AvgIpc) is 2.92. The van der Waals surface area contributed by atoms with Gasteiger partial charge in [0.1, 0.15) is 11.4 Å². The molecule has 1 amide bonds. The highest BCUT2D eigenvalue weighted by molar-refractivity contribution is 6.30. The number of ether oxygens (including phenoxy) is 1. The maximum atomic E-state index is 12.2. The second kappa shape index (κ2) is 12.3. The summed E-state index contributed by atoms with van der Waals surface area (Å²) < 4.78 is 5.44. The highest BCUT2D eigenvalue weighted by Gasteiger charge is 2.12. The normalized spacial score (nSPS) is 10.6. The van der Waals surface area contributed by atoms with Gasteiger partial charge in [0.05, 0.1) is 13.5 Å². The third-order valence-corrected chi connectivity index (χ3v) is 6.35. The van der Waals surface area contributed by atoms with Crippen LogP contribution in [0.2, 0.25) is 5.02 Å². The number of benzene rings is 3. The molecule has 194 valence electrons. The number of halogens is 1. The zero-order valence-electron chi connectivity index (χ0n) is 21.1. The molecule has 0 saturated carbocycles. The van der Waals surface area contributed by atoms with Gasteiger partial charge >= 0.3 is 5.97 Å². The Morgan fingerprint density at radius 3 is 2.34 bits per heavy atom. The molecule has 0 bridgehead atoms. The number of aliphatic carboxylic acids is 1. The van der Waals surface area contributed by atoms with Crippen molar-refractivity contribution in [3.63, 3.8) is 0 Å². The molecular weight excluding hydrogens is 502 g/mol. The van der Waals surface area contributed by atoms with Gasteiger partial charge in [-0.25, -0.2) is 0 Å². The molecule has 0 atom stereocenters.